The molecule has 0 aliphatic carbocycles. The van der Waals surface area contributed by atoms with E-state index in [9.17, 15) is 9.59 Å². The van der Waals surface area contributed by atoms with Crippen LogP contribution in [0.5, 0.6) is 0 Å². The van der Waals surface area contributed by atoms with Gasteiger partial charge in [-0.2, -0.15) is 0 Å². The number of Topliss-reactive ketones (excluding diaryl/α,β-unsaturated/α-hetero) is 1. The number of carbonyl (C=O) groups excluding carboxylic acids is 2. The van der Waals surface area contributed by atoms with Crippen molar-refractivity contribution < 1.29 is 9.59 Å². The SMILES string of the molecule is CC(=O)NCCCc1ccc(C(=O)CSc2nnc(N)s2)cc1. The highest BCUT2D eigenvalue weighted by Crippen LogP contribution is 2.24. The van der Waals surface area contributed by atoms with E-state index in [1.807, 2.05) is 24.3 Å². The highest BCUT2D eigenvalue weighted by atomic mass is 32.2. The Morgan fingerprint density at radius 2 is 2.00 bits per heavy atom. The average molecular weight is 350 g/mol. The first kappa shape index (κ1) is 17.4. The molecule has 1 amide bonds. The van der Waals surface area contributed by atoms with Gasteiger partial charge in [0.25, 0.3) is 0 Å². The van der Waals surface area contributed by atoms with Gasteiger partial charge in [0.1, 0.15) is 0 Å². The molecule has 0 saturated carbocycles. The van der Waals surface area contributed by atoms with Crippen LogP contribution in [0.15, 0.2) is 28.6 Å². The minimum absolute atomic E-state index is 0.0133. The lowest BCUT2D eigenvalue weighted by Crippen LogP contribution is -2.21. The Bertz CT molecular complexity index is 670. The van der Waals surface area contributed by atoms with Gasteiger partial charge in [0.05, 0.1) is 5.75 Å². The normalized spacial score (nSPS) is 10.5. The van der Waals surface area contributed by atoms with Gasteiger partial charge in [-0.05, 0) is 18.4 Å². The number of anilines is 1. The fourth-order valence-electron chi connectivity index (χ4n) is 1.90. The van der Waals surface area contributed by atoms with E-state index >= 15 is 0 Å². The maximum Gasteiger partial charge on any atom is 0.216 e. The van der Waals surface area contributed by atoms with Gasteiger partial charge in [-0.25, -0.2) is 0 Å². The minimum Gasteiger partial charge on any atom is -0.374 e. The van der Waals surface area contributed by atoms with E-state index in [0.717, 1.165) is 18.4 Å². The van der Waals surface area contributed by atoms with Gasteiger partial charge in [-0.3, -0.25) is 9.59 Å². The predicted molar refractivity (Wildman–Crippen MR) is 92.8 cm³/mol. The van der Waals surface area contributed by atoms with Crippen molar-refractivity contribution in [2.45, 2.75) is 24.1 Å². The number of hydrogen-bond donors (Lipinski definition) is 2. The molecule has 0 atom stereocenters. The summed E-state index contributed by atoms with van der Waals surface area (Å²) < 4.78 is 0.699. The molecule has 0 radical (unpaired) electrons. The average Bonchev–Trinajstić information content (AvgIpc) is 2.95. The molecule has 1 aromatic heterocycles. The molecule has 0 saturated heterocycles. The number of nitrogens with one attached hydrogen (secondary N) is 1. The number of nitrogens with zero attached hydrogens (tertiary/aromatic N) is 2. The number of hydrogen-bond acceptors (Lipinski definition) is 7. The monoisotopic (exact) mass is 350 g/mol. The first-order valence-corrected chi connectivity index (χ1v) is 8.93. The molecular weight excluding hydrogens is 332 g/mol. The Morgan fingerprint density at radius 1 is 1.26 bits per heavy atom. The number of amides is 1. The van der Waals surface area contributed by atoms with Crippen molar-refractivity contribution in [3.63, 3.8) is 0 Å². The standard InChI is InChI=1S/C15H18N4O2S2/c1-10(20)17-8-2-3-11-4-6-12(7-5-11)13(21)9-22-15-19-18-14(16)23-15/h4-7H,2-3,8-9H2,1H3,(H2,16,18)(H,17,20). The number of thioether (sulfide) groups is 1. The number of aryl methyl sites for hydroxylation is 1. The van der Waals surface area contributed by atoms with Crippen LogP contribution in [-0.2, 0) is 11.2 Å². The van der Waals surface area contributed by atoms with E-state index in [1.54, 1.807) is 0 Å². The molecule has 0 fully saturated rings. The van der Waals surface area contributed by atoms with E-state index in [0.29, 0.717) is 27.3 Å². The van der Waals surface area contributed by atoms with Crippen LogP contribution >= 0.6 is 23.1 Å². The van der Waals surface area contributed by atoms with E-state index < -0.39 is 0 Å². The summed E-state index contributed by atoms with van der Waals surface area (Å²) in [5.74, 6) is 0.352. The summed E-state index contributed by atoms with van der Waals surface area (Å²) in [5, 5.41) is 10.8. The van der Waals surface area contributed by atoms with Crippen LogP contribution in [0.1, 0.15) is 29.3 Å². The van der Waals surface area contributed by atoms with Crippen LogP contribution in [0, 0.1) is 0 Å². The number of carbonyl (C=O) groups is 2. The van der Waals surface area contributed by atoms with Gasteiger partial charge >= 0.3 is 0 Å². The lowest BCUT2D eigenvalue weighted by atomic mass is 10.1. The Hall–Kier alpha value is -1.93. The van der Waals surface area contributed by atoms with E-state index in [1.165, 1.54) is 30.0 Å². The Kier molecular flexibility index (Phi) is 6.54. The lowest BCUT2D eigenvalue weighted by Gasteiger charge is -2.04. The van der Waals surface area contributed by atoms with Gasteiger partial charge < -0.3 is 11.1 Å². The highest BCUT2D eigenvalue weighted by Gasteiger charge is 2.09. The van der Waals surface area contributed by atoms with Crippen LogP contribution in [0.3, 0.4) is 0 Å². The molecule has 2 rings (SSSR count). The van der Waals surface area contributed by atoms with Gasteiger partial charge in [0.2, 0.25) is 11.0 Å². The van der Waals surface area contributed by atoms with Crippen molar-refractivity contribution in [3.8, 4) is 0 Å². The number of aromatic nitrogens is 2. The van der Waals surface area contributed by atoms with Crippen LogP contribution in [0.4, 0.5) is 5.13 Å². The van der Waals surface area contributed by atoms with Crippen LogP contribution in [0.2, 0.25) is 0 Å². The highest BCUT2D eigenvalue weighted by molar-refractivity contribution is 8.01. The van der Waals surface area contributed by atoms with Crippen molar-refractivity contribution >= 4 is 39.9 Å². The summed E-state index contributed by atoms with van der Waals surface area (Å²) >= 11 is 2.62. The summed E-state index contributed by atoms with van der Waals surface area (Å²) in [6.45, 7) is 2.17. The molecule has 3 N–H and O–H groups in total. The second-order valence-electron chi connectivity index (χ2n) is 4.90. The zero-order valence-electron chi connectivity index (χ0n) is 12.7. The fourth-order valence-corrected chi connectivity index (χ4v) is 3.43. The first-order chi connectivity index (χ1) is 11.0. The van der Waals surface area contributed by atoms with Gasteiger partial charge in [-0.15, -0.1) is 10.2 Å². The third-order valence-corrected chi connectivity index (χ3v) is 4.93. The number of nitrogen functional groups attached to an aromatic ring is 1. The summed E-state index contributed by atoms with van der Waals surface area (Å²) in [7, 11) is 0. The maximum absolute atomic E-state index is 12.1. The molecule has 0 aliphatic rings. The van der Waals surface area contributed by atoms with Crippen molar-refractivity contribution in [2.24, 2.45) is 0 Å². The molecule has 0 unspecified atom stereocenters. The number of rotatable bonds is 8. The zero-order valence-corrected chi connectivity index (χ0v) is 14.4. The van der Waals surface area contributed by atoms with E-state index in [2.05, 4.69) is 15.5 Å². The van der Waals surface area contributed by atoms with Crippen molar-refractivity contribution in [3.05, 3.63) is 35.4 Å². The van der Waals surface area contributed by atoms with Crippen molar-refractivity contribution in [2.75, 3.05) is 18.0 Å². The molecule has 0 bridgehead atoms. The molecule has 23 heavy (non-hydrogen) atoms. The largest absolute Gasteiger partial charge is 0.374 e. The molecule has 122 valence electrons. The summed E-state index contributed by atoms with van der Waals surface area (Å²) in [6.07, 6.45) is 1.74. The number of nitrogens with two attached hydrogens (primary N) is 1. The maximum atomic E-state index is 12.1. The van der Waals surface area contributed by atoms with E-state index in [-0.39, 0.29) is 11.7 Å². The molecule has 0 spiro atoms. The van der Waals surface area contributed by atoms with Crippen LogP contribution < -0.4 is 11.1 Å². The summed E-state index contributed by atoms with van der Waals surface area (Å²) in [4.78, 5) is 22.9. The quantitative estimate of drug-likeness (QED) is 0.430. The fraction of sp³-hybridized carbons (Fsp3) is 0.333. The molecule has 2 aromatic rings. The molecule has 1 aromatic carbocycles. The minimum atomic E-state index is -0.0133. The first-order valence-electron chi connectivity index (χ1n) is 7.13. The predicted octanol–water partition coefficient (Wildman–Crippen LogP) is 2.16. The van der Waals surface area contributed by atoms with Gasteiger partial charge in [0, 0.05) is 19.0 Å². The van der Waals surface area contributed by atoms with Crippen molar-refractivity contribution in [1.82, 2.24) is 15.5 Å². The van der Waals surface area contributed by atoms with Crippen molar-refractivity contribution in [1.29, 1.82) is 0 Å². The third-order valence-electron chi connectivity index (χ3n) is 3.04. The number of ketones is 1. The van der Waals surface area contributed by atoms with Gasteiger partial charge in [-0.1, -0.05) is 47.4 Å². The molecule has 8 heteroatoms. The molecule has 1 heterocycles. The topological polar surface area (TPSA) is 98.0 Å². The second-order valence-corrected chi connectivity index (χ2v) is 7.13. The molecular formula is C15H18N4O2S2. The Labute approximate surface area is 142 Å². The Morgan fingerprint density at radius 3 is 2.61 bits per heavy atom. The van der Waals surface area contributed by atoms with Crippen LogP contribution in [0.25, 0.3) is 0 Å². The number of benzene rings is 1. The zero-order chi connectivity index (χ0) is 16.7. The molecule has 0 aliphatic heterocycles. The van der Waals surface area contributed by atoms with Crippen LogP contribution in [-0.4, -0.2) is 34.2 Å². The summed E-state index contributed by atoms with van der Waals surface area (Å²) in [6, 6.07) is 7.58. The second kappa shape index (κ2) is 8.64. The van der Waals surface area contributed by atoms with Gasteiger partial charge in [0.15, 0.2) is 10.1 Å². The Balaban J connectivity index is 1.79. The van der Waals surface area contributed by atoms with E-state index in [4.69, 9.17) is 5.73 Å². The lowest BCUT2D eigenvalue weighted by molar-refractivity contribution is -0.118. The molecule has 6 nitrogen and oxygen atoms in total. The summed E-state index contributed by atoms with van der Waals surface area (Å²) in [5.41, 5.74) is 7.33. The third kappa shape index (κ3) is 5.99. The smallest absolute Gasteiger partial charge is 0.216 e.